The van der Waals surface area contributed by atoms with Gasteiger partial charge < -0.3 is 25.0 Å². The van der Waals surface area contributed by atoms with Gasteiger partial charge in [-0.3, -0.25) is 9.36 Å². The Hall–Kier alpha value is -3.10. The number of para-hydroxylation sites is 2. The van der Waals surface area contributed by atoms with Crippen molar-refractivity contribution in [2.45, 2.75) is 25.0 Å². The number of benzene rings is 2. The highest BCUT2D eigenvalue weighted by molar-refractivity contribution is 5.96. The van der Waals surface area contributed by atoms with Gasteiger partial charge in [0.25, 0.3) is 5.91 Å². The van der Waals surface area contributed by atoms with Crippen LogP contribution in [0.2, 0.25) is 0 Å². The number of phenols is 1. The number of β-amino-alcohol motifs (C(OH)–C–C–N with tert-alkyl or cyclic N) is 1. The van der Waals surface area contributed by atoms with Crippen LogP contribution in [-0.4, -0.2) is 69.2 Å². The molecule has 4 rings (SSSR count). The van der Waals surface area contributed by atoms with Crippen molar-refractivity contribution in [3.8, 4) is 5.75 Å². The fourth-order valence-corrected chi connectivity index (χ4v) is 4.32. The Morgan fingerprint density at radius 3 is 2.61 bits per heavy atom. The van der Waals surface area contributed by atoms with E-state index in [1.807, 2.05) is 28.8 Å². The van der Waals surface area contributed by atoms with E-state index in [0.29, 0.717) is 12.1 Å². The number of aliphatic hydroxyl groups excluding tert-OH is 1. The Labute approximate surface area is 180 Å². The predicted molar refractivity (Wildman–Crippen MR) is 118 cm³/mol. The van der Waals surface area contributed by atoms with E-state index < -0.39 is 6.10 Å². The Morgan fingerprint density at radius 2 is 1.90 bits per heavy atom. The minimum atomic E-state index is -0.776. The van der Waals surface area contributed by atoms with Crippen LogP contribution < -0.4 is 5.69 Å². The lowest BCUT2D eigenvalue weighted by Crippen LogP contribution is -2.39. The summed E-state index contributed by atoms with van der Waals surface area (Å²) in [5, 5.41) is 20.7. The number of aromatic hydroxyl groups is 1. The first-order chi connectivity index (χ1) is 14.8. The number of H-pyrrole nitrogens is 1. The van der Waals surface area contributed by atoms with Crippen LogP contribution >= 0.6 is 0 Å². The molecule has 1 aromatic heterocycles. The van der Waals surface area contributed by atoms with Crippen molar-refractivity contribution in [2.75, 3.05) is 33.7 Å². The molecule has 0 bridgehead atoms. The molecule has 1 amide bonds. The Kier molecular flexibility index (Phi) is 5.84. The lowest BCUT2D eigenvalue weighted by molar-refractivity contribution is 0.0821. The molecule has 3 N–H and O–H groups in total. The van der Waals surface area contributed by atoms with Gasteiger partial charge in [-0.05, 0) is 42.7 Å². The molecule has 8 heteroatoms. The molecule has 1 unspecified atom stereocenters. The molecule has 0 aliphatic carbocycles. The topological polar surface area (TPSA) is 102 Å². The Morgan fingerprint density at radius 1 is 1.19 bits per heavy atom. The second-order valence-corrected chi connectivity index (χ2v) is 8.34. The number of carbonyl (C=O) groups excluding carboxylic acids is 1. The zero-order valence-electron chi connectivity index (χ0n) is 17.8. The van der Waals surface area contributed by atoms with Gasteiger partial charge >= 0.3 is 5.69 Å². The van der Waals surface area contributed by atoms with Crippen LogP contribution in [0.25, 0.3) is 11.0 Å². The quantitative estimate of drug-likeness (QED) is 0.582. The van der Waals surface area contributed by atoms with E-state index in [-0.39, 0.29) is 29.0 Å². The monoisotopic (exact) mass is 424 g/mol. The van der Waals surface area contributed by atoms with Gasteiger partial charge in [0.05, 0.1) is 22.7 Å². The molecule has 0 saturated carbocycles. The van der Waals surface area contributed by atoms with Gasteiger partial charge in [-0.15, -0.1) is 0 Å². The van der Waals surface area contributed by atoms with Crippen molar-refractivity contribution in [1.29, 1.82) is 0 Å². The fraction of sp³-hybridized carbons (Fsp3) is 0.391. The van der Waals surface area contributed by atoms with E-state index in [9.17, 15) is 19.8 Å². The summed E-state index contributed by atoms with van der Waals surface area (Å²) in [6.45, 7) is 1.94. The summed E-state index contributed by atoms with van der Waals surface area (Å²) in [5.74, 6) is -0.406. The van der Waals surface area contributed by atoms with E-state index in [0.717, 1.165) is 37.0 Å². The maximum Gasteiger partial charge on any atom is 0.326 e. The molecule has 0 radical (unpaired) electrons. The maximum absolute atomic E-state index is 12.4. The molecule has 1 aliphatic heterocycles. The first-order valence-corrected chi connectivity index (χ1v) is 10.5. The van der Waals surface area contributed by atoms with Crippen molar-refractivity contribution in [1.82, 2.24) is 19.4 Å². The lowest BCUT2D eigenvalue weighted by Gasteiger charge is -2.33. The number of phenolic OH excluding ortho intramolecular Hbond substituents is 1. The molecular weight excluding hydrogens is 396 g/mol. The first kappa shape index (κ1) is 21.1. The molecule has 3 aromatic rings. The highest BCUT2D eigenvalue weighted by atomic mass is 16.3. The molecule has 164 valence electrons. The van der Waals surface area contributed by atoms with Crippen LogP contribution in [0.4, 0.5) is 0 Å². The number of fused-ring (bicyclic) bond motifs is 1. The van der Waals surface area contributed by atoms with E-state index in [2.05, 4.69) is 9.88 Å². The number of aliphatic hydroxyl groups is 1. The lowest BCUT2D eigenvalue weighted by atomic mass is 10.0. The second kappa shape index (κ2) is 8.56. The molecular formula is C23H28N4O4. The van der Waals surface area contributed by atoms with Crippen LogP contribution in [0.1, 0.15) is 40.9 Å². The largest absolute Gasteiger partial charge is 0.507 e. The number of nitrogens with zero attached hydrogens (tertiary/aromatic N) is 3. The number of hydrogen-bond donors (Lipinski definition) is 3. The summed E-state index contributed by atoms with van der Waals surface area (Å²) < 4.78 is 1.85. The number of amides is 1. The highest BCUT2D eigenvalue weighted by Gasteiger charge is 2.25. The number of rotatable bonds is 5. The Bertz CT molecular complexity index is 1140. The third kappa shape index (κ3) is 4.22. The average molecular weight is 425 g/mol. The first-order valence-electron chi connectivity index (χ1n) is 10.5. The maximum atomic E-state index is 12.4. The third-order valence-corrected chi connectivity index (χ3v) is 6.02. The van der Waals surface area contributed by atoms with Crippen LogP contribution in [0.3, 0.4) is 0 Å². The van der Waals surface area contributed by atoms with E-state index in [4.69, 9.17) is 0 Å². The molecule has 1 saturated heterocycles. The summed E-state index contributed by atoms with van der Waals surface area (Å²) in [6.07, 6.45) is 0.852. The van der Waals surface area contributed by atoms with Gasteiger partial charge in [0.2, 0.25) is 0 Å². The highest BCUT2D eigenvalue weighted by Crippen LogP contribution is 2.28. The van der Waals surface area contributed by atoms with Gasteiger partial charge in [0.15, 0.2) is 0 Å². The molecule has 8 nitrogen and oxygen atoms in total. The molecule has 2 aromatic carbocycles. The van der Waals surface area contributed by atoms with Crippen molar-refractivity contribution in [3.63, 3.8) is 0 Å². The van der Waals surface area contributed by atoms with Gasteiger partial charge in [-0.25, -0.2) is 4.79 Å². The standard InChI is InChI=1S/C23H28N4O4/c1-25(2)22(30)17-13-15(7-8-20(17)28)21(29)14-26-11-9-16(10-12-26)27-19-6-4-3-5-18(19)24-23(27)31/h3-8,13,16,21,28-29H,9-12,14H2,1-2H3,(H,24,31). The number of likely N-dealkylation sites (tertiary alicyclic amines) is 1. The third-order valence-electron chi connectivity index (χ3n) is 6.02. The zero-order chi connectivity index (χ0) is 22.1. The molecule has 31 heavy (non-hydrogen) atoms. The van der Waals surface area contributed by atoms with Crippen LogP contribution in [0.15, 0.2) is 47.3 Å². The summed E-state index contributed by atoms with van der Waals surface area (Å²) in [6, 6.07) is 12.5. The number of imidazole rings is 1. The van der Waals surface area contributed by atoms with Gasteiger partial charge in [0, 0.05) is 39.8 Å². The van der Waals surface area contributed by atoms with Gasteiger partial charge in [-0.2, -0.15) is 0 Å². The van der Waals surface area contributed by atoms with Crippen molar-refractivity contribution >= 4 is 16.9 Å². The molecule has 1 fully saturated rings. The Balaban J connectivity index is 1.42. The number of nitrogens with one attached hydrogen (secondary N) is 1. The smallest absolute Gasteiger partial charge is 0.326 e. The second-order valence-electron chi connectivity index (χ2n) is 8.34. The number of carbonyl (C=O) groups is 1. The summed E-state index contributed by atoms with van der Waals surface area (Å²) >= 11 is 0. The van der Waals surface area contributed by atoms with Gasteiger partial charge in [-0.1, -0.05) is 18.2 Å². The van der Waals surface area contributed by atoms with Crippen LogP contribution in [0, 0.1) is 0 Å². The minimum absolute atomic E-state index is 0.0816. The number of piperidine rings is 1. The number of aromatic amines is 1. The van der Waals surface area contributed by atoms with Crippen molar-refractivity contribution in [3.05, 3.63) is 64.1 Å². The summed E-state index contributed by atoms with van der Waals surface area (Å²) in [5.41, 5.74) is 2.47. The van der Waals surface area contributed by atoms with E-state index in [1.54, 1.807) is 26.2 Å². The van der Waals surface area contributed by atoms with E-state index >= 15 is 0 Å². The zero-order valence-corrected chi connectivity index (χ0v) is 17.8. The number of hydrogen-bond acceptors (Lipinski definition) is 5. The summed E-state index contributed by atoms with van der Waals surface area (Å²) in [4.78, 5) is 31.2. The van der Waals surface area contributed by atoms with Crippen LogP contribution in [0.5, 0.6) is 5.75 Å². The SMILES string of the molecule is CN(C)C(=O)c1cc(C(O)CN2CCC(n3c(=O)[nH]c4ccccc43)CC2)ccc1O. The van der Waals surface area contributed by atoms with Crippen LogP contribution in [-0.2, 0) is 0 Å². The molecule has 0 spiro atoms. The fourth-order valence-electron chi connectivity index (χ4n) is 4.32. The minimum Gasteiger partial charge on any atom is -0.507 e. The van der Waals surface area contributed by atoms with E-state index in [1.165, 1.54) is 11.0 Å². The average Bonchev–Trinajstić information content (AvgIpc) is 3.09. The molecule has 2 heterocycles. The molecule has 1 aliphatic rings. The van der Waals surface area contributed by atoms with Gasteiger partial charge in [0.1, 0.15) is 5.75 Å². The predicted octanol–water partition coefficient (Wildman–Crippen LogP) is 2.11. The van der Waals surface area contributed by atoms with Crippen molar-refractivity contribution < 1.29 is 15.0 Å². The van der Waals surface area contributed by atoms with Crippen molar-refractivity contribution in [2.24, 2.45) is 0 Å². The normalized spacial score (nSPS) is 16.5. The molecule has 1 atom stereocenters. The summed E-state index contributed by atoms with van der Waals surface area (Å²) in [7, 11) is 3.24. The number of aromatic nitrogens is 2.